The van der Waals surface area contributed by atoms with Crippen LogP contribution in [0.4, 0.5) is 0 Å². The highest BCUT2D eigenvalue weighted by Crippen LogP contribution is 1.90. The van der Waals surface area contributed by atoms with E-state index in [2.05, 4.69) is 52.0 Å². The molecule has 1 rings (SSSR count). The SMILES string of the molecule is C/C=c1/c(C)ccc(C)/c1=C/C.CC. The van der Waals surface area contributed by atoms with E-state index in [9.17, 15) is 0 Å². The third kappa shape index (κ3) is 2.73. The molecule has 0 nitrogen and oxygen atoms in total. The molecule has 0 unspecified atom stereocenters. The van der Waals surface area contributed by atoms with E-state index < -0.39 is 0 Å². The normalized spacial score (nSPS) is 12.4. The average molecular weight is 190 g/mol. The summed E-state index contributed by atoms with van der Waals surface area (Å²) < 4.78 is 0. The molecule has 78 valence electrons. The van der Waals surface area contributed by atoms with Crippen molar-refractivity contribution in [2.75, 3.05) is 0 Å². The summed E-state index contributed by atoms with van der Waals surface area (Å²) in [7, 11) is 0. The predicted molar refractivity (Wildman–Crippen MR) is 66.8 cm³/mol. The van der Waals surface area contributed by atoms with Crippen LogP contribution in [0.3, 0.4) is 0 Å². The lowest BCUT2D eigenvalue weighted by Gasteiger charge is -1.99. The van der Waals surface area contributed by atoms with Crippen molar-refractivity contribution in [3.8, 4) is 0 Å². The van der Waals surface area contributed by atoms with Gasteiger partial charge in [0.2, 0.25) is 0 Å². The van der Waals surface area contributed by atoms with Crippen molar-refractivity contribution in [1.29, 1.82) is 0 Å². The Hall–Kier alpha value is -1.04. The monoisotopic (exact) mass is 190 g/mol. The maximum Gasteiger partial charge on any atom is -0.0198 e. The first-order chi connectivity index (χ1) is 6.70. The molecule has 14 heavy (non-hydrogen) atoms. The summed E-state index contributed by atoms with van der Waals surface area (Å²) in [6, 6.07) is 4.36. The molecule has 1 aromatic carbocycles. The molecule has 0 radical (unpaired) electrons. The van der Waals surface area contributed by atoms with Gasteiger partial charge >= 0.3 is 0 Å². The van der Waals surface area contributed by atoms with Crippen LogP contribution < -0.4 is 10.4 Å². The van der Waals surface area contributed by atoms with Crippen LogP contribution in [0.25, 0.3) is 12.2 Å². The van der Waals surface area contributed by atoms with E-state index in [1.54, 1.807) is 0 Å². The highest BCUT2D eigenvalue weighted by atomic mass is 14.0. The molecule has 0 aliphatic heterocycles. The Morgan fingerprint density at radius 2 is 1.07 bits per heavy atom. The van der Waals surface area contributed by atoms with Gasteiger partial charge < -0.3 is 0 Å². The Balaban J connectivity index is 0.000000791. The van der Waals surface area contributed by atoms with Gasteiger partial charge in [0.1, 0.15) is 0 Å². The predicted octanol–water partition coefficient (Wildman–Crippen LogP) is 2.93. The molecule has 0 aliphatic rings. The van der Waals surface area contributed by atoms with Crippen molar-refractivity contribution in [3.05, 3.63) is 33.7 Å². The summed E-state index contributed by atoms with van der Waals surface area (Å²) in [4.78, 5) is 0. The molecule has 0 saturated carbocycles. The lowest BCUT2D eigenvalue weighted by atomic mass is 10.1. The minimum atomic E-state index is 1.36. The summed E-state index contributed by atoms with van der Waals surface area (Å²) in [6.45, 7) is 12.5. The van der Waals surface area contributed by atoms with Gasteiger partial charge in [0.15, 0.2) is 0 Å². The first-order valence-electron chi connectivity index (χ1n) is 5.39. The Morgan fingerprint density at radius 3 is 1.29 bits per heavy atom. The second-order valence-corrected chi connectivity index (χ2v) is 3.10. The van der Waals surface area contributed by atoms with Crippen LogP contribution in [0.15, 0.2) is 12.1 Å². The molecule has 0 N–H and O–H groups in total. The zero-order valence-electron chi connectivity index (χ0n) is 10.3. The van der Waals surface area contributed by atoms with Crippen LogP contribution in [0.5, 0.6) is 0 Å². The fourth-order valence-electron chi connectivity index (χ4n) is 1.62. The van der Waals surface area contributed by atoms with E-state index in [1.807, 2.05) is 13.8 Å². The summed E-state index contributed by atoms with van der Waals surface area (Å²) >= 11 is 0. The maximum atomic E-state index is 2.18. The van der Waals surface area contributed by atoms with Crippen molar-refractivity contribution < 1.29 is 0 Å². The third-order valence-corrected chi connectivity index (χ3v) is 2.30. The zero-order chi connectivity index (χ0) is 11.1. The highest BCUT2D eigenvalue weighted by molar-refractivity contribution is 5.37. The molecule has 0 aliphatic carbocycles. The van der Waals surface area contributed by atoms with E-state index in [0.717, 1.165) is 0 Å². The van der Waals surface area contributed by atoms with Gasteiger partial charge in [-0.3, -0.25) is 0 Å². The van der Waals surface area contributed by atoms with Gasteiger partial charge in [-0.15, -0.1) is 0 Å². The molecular formula is C14H22. The van der Waals surface area contributed by atoms with Crippen LogP contribution in [0.1, 0.15) is 38.8 Å². The fraction of sp³-hybridized carbons (Fsp3) is 0.429. The number of hydrogen-bond acceptors (Lipinski definition) is 0. The van der Waals surface area contributed by atoms with Crippen molar-refractivity contribution in [3.63, 3.8) is 0 Å². The molecule has 0 saturated heterocycles. The van der Waals surface area contributed by atoms with Gasteiger partial charge in [-0.1, -0.05) is 38.1 Å². The quantitative estimate of drug-likeness (QED) is 0.590. The smallest absolute Gasteiger partial charge is 0.0198 e. The van der Waals surface area contributed by atoms with Crippen molar-refractivity contribution in [1.82, 2.24) is 0 Å². The lowest BCUT2D eigenvalue weighted by Crippen LogP contribution is -2.29. The molecule has 0 spiro atoms. The molecule has 0 aromatic heterocycles. The zero-order valence-corrected chi connectivity index (χ0v) is 10.3. The third-order valence-electron chi connectivity index (χ3n) is 2.30. The first-order valence-corrected chi connectivity index (χ1v) is 5.39. The van der Waals surface area contributed by atoms with Gasteiger partial charge in [-0.2, -0.15) is 0 Å². The van der Waals surface area contributed by atoms with E-state index in [0.29, 0.717) is 0 Å². The largest absolute Gasteiger partial charge is 0.0795 e. The second-order valence-electron chi connectivity index (χ2n) is 3.10. The topological polar surface area (TPSA) is 0 Å². The van der Waals surface area contributed by atoms with Gasteiger partial charge in [0.05, 0.1) is 0 Å². The first kappa shape index (κ1) is 13.0. The van der Waals surface area contributed by atoms with Crippen LogP contribution in [-0.4, -0.2) is 0 Å². The van der Waals surface area contributed by atoms with Gasteiger partial charge in [-0.05, 0) is 49.3 Å². The van der Waals surface area contributed by atoms with Gasteiger partial charge in [-0.25, -0.2) is 0 Å². The summed E-state index contributed by atoms with van der Waals surface area (Å²) in [5.74, 6) is 0. The summed E-state index contributed by atoms with van der Waals surface area (Å²) in [5.41, 5.74) is 2.72. The standard InChI is InChI=1S/C12H16.C2H6/c1-5-11-9(3)7-8-10(4)12(11)6-2;1-2/h5-8H,1-4H3;1-2H3/b11-5-,12-6-;. The van der Waals surface area contributed by atoms with Crippen LogP contribution >= 0.6 is 0 Å². The Kier molecular flexibility index (Phi) is 5.94. The van der Waals surface area contributed by atoms with Crippen LogP contribution in [0, 0.1) is 13.8 Å². The molecule has 1 aromatic rings. The molecular weight excluding hydrogens is 168 g/mol. The Bertz CT molecular complexity index is 344. The number of aryl methyl sites for hydroxylation is 2. The van der Waals surface area contributed by atoms with E-state index in [1.165, 1.54) is 21.6 Å². The van der Waals surface area contributed by atoms with Crippen molar-refractivity contribution in [2.24, 2.45) is 0 Å². The highest BCUT2D eigenvalue weighted by Gasteiger charge is 1.92. The lowest BCUT2D eigenvalue weighted by molar-refractivity contribution is 1.29. The van der Waals surface area contributed by atoms with Gasteiger partial charge in [0, 0.05) is 0 Å². The van der Waals surface area contributed by atoms with E-state index in [4.69, 9.17) is 0 Å². The summed E-state index contributed by atoms with van der Waals surface area (Å²) in [6.07, 6.45) is 4.36. The number of hydrogen-bond donors (Lipinski definition) is 0. The molecule has 0 heteroatoms. The molecule has 0 heterocycles. The van der Waals surface area contributed by atoms with E-state index in [-0.39, 0.29) is 0 Å². The van der Waals surface area contributed by atoms with E-state index >= 15 is 0 Å². The second kappa shape index (κ2) is 6.42. The number of rotatable bonds is 0. The van der Waals surface area contributed by atoms with Gasteiger partial charge in [0.25, 0.3) is 0 Å². The molecule has 0 bridgehead atoms. The fourth-order valence-corrected chi connectivity index (χ4v) is 1.62. The minimum absolute atomic E-state index is 1.36. The Morgan fingerprint density at radius 1 is 0.786 bits per heavy atom. The molecule has 0 amide bonds. The average Bonchev–Trinajstić information content (AvgIpc) is 2.24. The summed E-state index contributed by atoms with van der Waals surface area (Å²) in [5, 5.41) is 2.75. The Labute approximate surface area is 88.0 Å². The van der Waals surface area contributed by atoms with Crippen LogP contribution in [0.2, 0.25) is 0 Å². The maximum absolute atomic E-state index is 2.18. The van der Waals surface area contributed by atoms with Crippen molar-refractivity contribution >= 4 is 12.2 Å². The number of benzene rings is 1. The minimum Gasteiger partial charge on any atom is -0.0795 e. The molecule has 0 atom stereocenters. The van der Waals surface area contributed by atoms with Crippen molar-refractivity contribution in [2.45, 2.75) is 41.5 Å². The molecule has 0 fully saturated rings. The van der Waals surface area contributed by atoms with Crippen LogP contribution in [-0.2, 0) is 0 Å².